The van der Waals surface area contributed by atoms with Gasteiger partial charge in [-0.25, -0.2) is 13.8 Å². The Morgan fingerprint density at radius 2 is 1.97 bits per heavy atom. The molecule has 0 fully saturated rings. The summed E-state index contributed by atoms with van der Waals surface area (Å²) in [6.45, 7) is 1.84. The van der Waals surface area contributed by atoms with Crippen molar-refractivity contribution in [1.29, 1.82) is 0 Å². The number of hydrogen-bond donors (Lipinski definition) is 0. The lowest BCUT2D eigenvalue weighted by atomic mass is 10.1. The van der Waals surface area contributed by atoms with Gasteiger partial charge in [0.1, 0.15) is 12.3 Å². The Morgan fingerprint density at radius 1 is 1.10 bits per heavy atom. The van der Waals surface area contributed by atoms with Gasteiger partial charge >= 0.3 is 0 Å². The smallest absolute Gasteiger partial charge is 0.265 e. The number of halogens is 2. The standard InChI is InChI=1S/C21H15F2N7O/c1-3-14-8-16(10-24-9-14)17-5-7-20(28-27-17)31-12-18-13(2)26-29-30(18)19-6-4-15(11-25-19)21(22)23/h1,4-11,21H,12H2,2H3. The van der Waals surface area contributed by atoms with Crippen molar-refractivity contribution >= 4 is 0 Å². The van der Waals surface area contributed by atoms with Gasteiger partial charge in [-0.05, 0) is 31.2 Å². The van der Waals surface area contributed by atoms with Gasteiger partial charge < -0.3 is 4.74 Å². The zero-order valence-electron chi connectivity index (χ0n) is 16.3. The molecule has 0 aliphatic heterocycles. The van der Waals surface area contributed by atoms with Crippen molar-refractivity contribution < 1.29 is 13.5 Å². The first kappa shape index (κ1) is 20.0. The third-order valence-corrected chi connectivity index (χ3v) is 4.39. The zero-order valence-corrected chi connectivity index (χ0v) is 16.3. The normalized spacial score (nSPS) is 10.8. The lowest BCUT2D eigenvalue weighted by Gasteiger charge is -2.09. The van der Waals surface area contributed by atoms with Crippen LogP contribution in [-0.4, -0.2) is 35.2 Å². The summed E-state index contributed by atoms with van der Waals surface area (Å²) < 4.78 is 32.7. The predicted molar refractivity (Wildman–Crippen MR) is 106 cm³/mol. The van der Waals surface area contributed by atoms with Crippen molar-refractivity contribution in [2.45, 2.75) is 20.0 Å². The van der Waals surface area contributed by atoms with Crippen LogP contribution in [0.4, 0.5) is 8.78 Å². The van der Waals surface area contributed by atoms with Gasteiger partial charge in [0.15, 0.2) is 5.82 Å². The van der Waals surface area contributed by atoms with Gasteiger partial charge in [0.2, 0.25) is 5.88 Å². The third-order valence-electron chi connectivity index (χ3n) is 4.39. The SMILES string of the molecule is C#Cc1cncc(-c2ccc(OCc3c(C)nnn3-c3ccc(C(F)F)cn3)nn2)c1. The number of pyridine rings is 2. The third kappa shape index (κ3) is 4.35. The average molecular weight is 419 g/mol. The molecule has 0 aliphatic carbocycles. The number of nitrogens with zero attached hydrogens (tertiary/aromatic N) is 7. The maximum Gasteiger partial charge on any atom is 0.265 e. The van der Waals surface area contributed by atoms with Crippen molar-refractivity contribution in [2.24, 2.45) is 0 Å². The van der Waals surface area contributed by atoms with Crippen LogP contribution in [0.5, 0.6) is 5.88 Å². The summed E-state index contributed by atoms with van der Waals surface area (Å²) >= 11 is 0. The first-order valence-electron chi connectivity index (χ1n) is 9.09. The highest BCUT2D eigenvalue weighted by atomic mass is 19.3. The largest absolute Gasteiger partial charge is 0.470 e. The fraction of sp³-hybridized carbons (Fsp3) is 0.143. The monoisotopic (exact) mass is 419 g/mol. The first-order chi connectivity index (χ1) is 15.0. The Balaban J connectivity index is 1.50. The van der Waals surface area contributed by atoms with E-state index in [1.54, 1.807) is 37.5 Å². The minimum absolute atomic E-state index is 0.0826. The molecule has 4 aromatic rings. The molecule has 4 rings (SSSR count). The number of hydrogen-bond acceptors (Lipinski definition) is 7. The summed E-state index contributed by atoms with van der Waals surface area (Å²) in [4.78, 5) is 8.12. The van der Waals surface area contributed by atoms with Crippen LogP contribution >= 0.6 is 0 Å². The maximum atomic E-state index is 12.7. The molecular weight excluding hydrogens is 404 g/mol. The molecule has 0 amide bonds. The first-order valence-corrected chi connectivity index (χ1v) is 9.09. The summed E-state index contributed by atoms with van der Waals surface area (Å²) in [5.41, 5.74) is 3.03. The maximum absolute atomic E-state index is 12.7. The molecule has 0 unspecified atom stereocenters. The zero-order chi connectivity index (χ0) is 21.8. The molecule has 0 saturated carbocycles. The Hall–Kier alpha value is -4.26. The van der Waals surface area contributed by atoms with Gasteiger partial charge in [-0.1, -0.05) is 11.1 Å². The number of alkyl halides is 2. The number of rotatable bonds is 6. The lowest BCUT2D eigenvalue weighted by molar-refractivity contribution is 0.151. The minimum Gasteiger partial charge on any atom is -0.470 e. The van der Waals surface area contributed by atoms with Gasteiger partial charge in [-0.2, -0.15) is 4.68 Å². The topological polar surface area (TPSA) is 91.5 Å². The molecule has 0 saturated heterocycles. The van der Waals surface area contributed by atoms with Crippen LogP contribution in [0.15, 0.2) is 48.9 Å². The van der Waals surface area contributed by atoms with Gasteiger partial charge in [0.05, 0.1) is 11.4 Å². The Kier molecular flexibility index (Phi) is 5.57. The van der Waals surface area contributed by atoms with E-state index in [1.165, 1.54) is 16.8 Å². The van der Waals surface area contributed by atoms with Crippen molar-refractivity contribution in [3.63, 3.8) is 0 Å². The van der Waals surface area contributed by atoms with Gasteiger partial charge in [-0.15, -0.1) is 21.7 Å². The second-order valence-corrected chi connectivity index (χ2v) is 6.44. The van der Waals surface area contributed by atoms with Crippen molar-refractivity contribution in [1.82, 2.24) is 35.2 Å². The lowest BCUT2D eigenvalue weighted by Crippen LogP contribution is -2.09. The molecule has 4 aromatic heterocycles. The van der Waals surface area contributed by atoms with E-state index in [2.05, 4.69) is 36.4 Å². The molecule has 0 radical (unpaired) electrons. The van der Waals surface area contributed by atoms with Crippen LogP contribution in [0.1, 0.15) is 28.9 Å². The second kappa shape index (κ2) is 8.62. The molecule has 0 bridgehead atoms. The van der Waals surface area contributed by atoms with Crippen molar-refractivity contribution in [3.05, 3.63) is 71.4 Å². The average Bonchev–Trinajstić information content (AvgIpc) is 3.18. The van der Waals surface area contributed by atoms with Crippen LogP contribution in [0.3, 0.4) is 0 Å². The summed E-state index contributed by atoms with van der Waals surface area (Å²) in [5.74, 6) is 3.17. The number of aromatic nitrogens is 7. The Morgan fingerprint density at radius 3 is 2.65 bits per heavy atom. The van der Waals surface area contributed by atoms with Gasteiger partial charge in [0.25, 0.3) is 6.43 Å². The quantitative estimate of drug-likeness (QED) is 0.443. The molecule has 0 N–H and O–H groups in total. The number of terminal acetylenes is 1. The highest BCUT2D eigenvalue weighted by Gasteiger charge is 2.15. The summed E-state index contributed by atoms with van der Waals surface area (Å²) in [5, 5.41) is 16.3. The van der Waals surface area contributed by atoms with Gasteiger partial charge in [-0.3, -0.25) is 4.98 Å². The van der Waals surface area contributed by atoms with Crippen LogP contribution < -0.4 is 4.74 Å². The van der Waals surface area contributed by atoms with E-state index >= 15 is 0 Å². The molecule has 0 atom stereocenters. The summed E-state index contributed by atoms with van der Waals surface area (Å²) in [7, 11) is 0. The molecule has 154 valence electrons. The molecule has 0 aliphatic rings. The fourth-order valence-corrected chi connectivity index (χ4v) is 2.73. The van der Waals surface area contributed by atoms with Crippen LogP contribution in [0.25, 0.3) is 17.1 Å². The van der Waals surface area contributed by atoms with Crippen LogP contribution in [-0.2, 0) is 6.61 Å². The van der Waals surface area contributed by atoms with E-state index in [1.807, 2.05) is 0 Å². The van der Waals surface area contributed by atoms with E-state index in [9.17, 15) is 8.78 Å². The number of aryl methyl sites for hydroxylation is 1. The van der Waals surface area contributed by atoms with Crippen LogP contribution in [0.2, 0.25) is 0 Å². The highest BCUT2D eigenvalue weighted by Crippen LogP contribution is 2.21. The van der Waals surface area contributed by atoms with E-state index < -0.39 is 6.43 Å². The molecular formula is C21H15F2N7O. The number of ether oxygens (including phenoxy) is 1. The molecule has 0 aromatic carbocycles. The highest BCUT2D eigenvalue weighted by molar-refractivity contribution is 5.59. The van der Waals surface area contributed by atoms with Crippen molar-refractivity contribution in [3.8, 4) is 35.3 Å². The van der Waals surface area contributed by atoms with Crippen LogP contribution in [0, 0.1) is 19.3 Å². The van der Waals surface area contributed by atoms with E-state index in [4.69, 9.17) is 11.2 Å². The minimum atomic E-state index is -2.59. The van der Waals surface area contributed by atoms with Gasteiger partial charge in [0, 0.05) is 41.3 Å². The second-order valence-electron chi connectivity index (χ2n) is 6.44. The summed E-state index contributed by atoms with van der Waals surface area (Å²) in [6.07, 6.45) is 7.15. The molecule has 31 heavy (non-hydrogen) atoms. The molecule has 0 spiro atoms. The predicted octanol–water partition coefficient (Wildman–Crippen LogP) is 3.32. The molecule has 8 nitrogen and oxygen atoms in total. The Labute approximate surface area is 176 Å². The van der Waals surface area contributed by atoms with Crippen molar-refractivity contribution in [2.75, 3.05) is 0 Å². The van der Waals surface area contributed by atoms with E-state index in [0.717, 1.165) is 11.8 Å². The molecule has 10 heteroatoms. The molecule has 4 heterocycles. The fourth-order valence-electron chi connectivity index (χ4n) is 2.73. The Bertz CT molecular complexity index is 1230. The van der Waals surface area contributed by atoms with E-state index in [0.29, 0.717) is 28.5 Å². The van der Waals surface area contributed by atoms with E-state index in [-0.39, 0.29) is 18.1 Å². The summed E-state index contributed by atoms with van der Waals surface area (Å²) in [6, 6.07) is 7.95.